The lowest BCUT2D eigenvalue weighted by atomic mass is 9.87. The number of hydrogen-bond acceptors (Lipinski definition) is 6. The lowest BCUT2D eigenvalue weighted by Gasteiger charge is -2.24. The third-order valence-corrected chi connectivity index (χ3v) is 7.86. The zero-order chi connectivity index (χ0) is 22.1. The Balaban J connectivity index is 2.01. The topological polar surface area (TPSA) is 134 Å². The number of carbonyl (C=O) groups is 1. The number of aromatic nitrogens is 1. The van der Waals surface area contributed by atoms with Crippen molar-refractivity contribution in [1.29, 1.82) is 0 Å². The number of nitrogens with two attached hydrogens (primary N) is 1. The van der Waals surface area contributed by atoms with E-state index < -0.39 is 21.7 Å². The molecule has 0 radical (unpaired) electrons. The van der Waals surface area contributed by atoms with Crippen LogP contribution < -0.4 is 15.8 Å². The first-order valence-electron chi connectivity index (χ1n) is 9.84. The predicted octanol–water partition coefficient (Wildman–Crippen LogP) is 3.96. The van der Waals surface area contributed by atoms with Crippen molar-refractivity contribution in [3.63, 3.8) is 0 Å². The number of hydrogen-bond donors (Lipinski definition) is 4. The van der Waals surface area contributed by atoms with Crippen LogP contribution in [0.25, 0.3) is 10.4 Å². The van der Waals surface area contributed by atoms with E-state index in [4.69, 9.17) is 10.8 Å². The van der Waals surface area contributed by atoms with Gasteiger partial charge in [0.1, 0.15) is 0 Å². The largest absolute Gasteiger partial charge is 0.465 e. The van der Waals surface area contributed by atoms with Crippen LogP contribution in [0.15, 0.2) is 29.3 Å². The number of rotatable bonds is 5. The zero-order valence-electron chi connectivity index (χ0n) is 17.3. The SMILES string of the molecule is CC(C)(C)NS(=O)(=O)c1cc(NC(=O)O)ccc1-c1cnc(C2CCC(N)CC2)s1. The summed E-state index contributed by atoms with van der Waals surface area (Å²) in [6, 6.07) is 4.77. The highest BCUT2D eigenvalue weighted by Gasteiger charge is 2.28. The van der Waals surface area contributed by atoms with Crippen molar-refractivity contribution in [3.05, 3.63) is 29.4 Å². The second-order valence-electron chi connectivity index (χ2n) is 8.67. The van der Waals surface area contributed by atoms with Crippen molar-refractivity contribution in [2.45, 2.75) is 68.8 Å². The van der Waals surface area contributed by atoms with E-state index in [1.54, 1.807) is 39.1 Å². The van der Waals surface area contributed by atoms with E-state index >= 15 is 0 Å². The second-order valence-corrected chi connectivity index (χ2v) is 11.4. The minimum absolute atomic E-state index is 0.0181. The Morgan fingerprint density at radius 1 is 1.23 bits per heavy atom. The van der Waals surface area contributed by atoms with Crippen LogP contribution in [0.2, 0.25) is 0 Å². The molecule has 5 N–H and O–H groups in total. The van der Waals surface area contributed by atoms with Crippen molar-refractivity contribution in [2.24, 2.45) is 5.73 Å². The Kier molecular flexibility index (Phi) is 6.51. The number of sulfonamides is 1. The zero-order valence-corrected chi connectivity index (χ0v) is 18.9. The van der Waals surface area contributed by atoms with Crippen LogP contribution in [0.3, 0.4) is 0 Å². The lowest BCUT2D eigenvalue weighted by Crippen LogP contribution is -2.40. The summed E-state index contributed by atoms with van der Waals surface area (Å²) in [5.41, 5.74) is 6.00. The predicted molar refractivity (Wildman–Crippen MR) is 118 cm³/mol. The van der Waals surface area contributed by atoms with E-state index in [2.05, 4.69) is 15.0 Å². The molecule has 1 heterocycles. The number of amides is 1. The maximum atomic E-state index is 13.1. The van der Waals surface area contributed by atoms with Crippen molar-refractivity contribution in [2.75, 3.05) is 5.32 Å². The first kappa shape index (κ1) is 22.7. The Hall–Kier alpha value is -2.01. The summed E-state index contributed by atoms with van der Waals surface area (Å²) < 4.78 is 28.9. The summed E-state index contributed by atoms with van der Waals surface area (Å²) in [7, 11) is -3.90. The summed E-state index contributed by atoms with van der Waals surface area (Å²) in [5, 5.41) is 12.2. The molecule has 0 atom stereocenters. The van der Waals surface area contributed by atoms with Crippen molar-refractivity contribution < 1.29 is 18.3 Å². The number of benzene rings is 1. The van der Waals surface area contributed by atoms with Crippen molar-refractivity contribution in [3.8, 4) is 10.4 Å². The Morgan fingerprint density at radius 2 is 1.90 bits per heavy atom. The molecule has 0 unspecified atom stereocenters. The molecule has 1 aliphatic rings. The van der Waals surface area contributed by atoms with Gasteiger partial charge < -0.3 is 10.8 Å². The molecule has 3 rings (SSSR count). The van der Waals surface area contributed by atoms with Gasteiger partial charge in [-0.1, -0.05) is 6.07 Å². The van der Waals surface area contributed by atoms with Gasteiger partial charge in [0.2, 0.25) is 10.0 Å². The third kappa shape index (κ3) is 5.57. The maximum Gasteiger partial charge on any atom is 0.409 e. The average Bonchev–Trinajstić information content (AvgIpc) is 3.09. The minimum atomic E-state index is -3.90. The molecule has 0 saturated heterocycles. The van der Waals surface area contributed by atoms with Gasteiger partial charge in [0.05, 0.1) is 14.8 Å². The van der Waals surface area contributed by atoms with Crippen LogP contribution >= 0.6 is 11.3 Å². The number of anilines is 1. The van der Waals surface area contributed by atoms with Crippen LogP contribution in [0.1, 0.15) is 57.4 Å². The van der Waals surface area contributed by atoms with E-state index in [1.165, 1.54) is 17.4 Å². The summed E-state index contributed by atoms with van der Waals surface area (Å²) in [6.07, 6.45) is 4.32. The van der Waals surface area contributed by atoms with E-state index in [0.717, 1.165) is 35.6 Å². The van der Waals surface area contributed by atoms with E-state index in [-0.39, 0.29) is 16.6 Å². The quantitative estimate of drug-likeness (QED) is 0.542. The Bertz CT molecular complexity index is 1020. The normalized spacial score (nSPS) is 20.1. The van der Waals surface area contributed by atoms with Gasteiger partial charge in [0.25, 0.3) is 0 Å². The fraction of sp³-hybridized carbons (Fsp3) is 0.500. The molecular formula is C20H28N4O4S2. The highest BCUT2D eigenvalue weighted by atomic mass is 32.2. The van der Waals surface area contributed by atoms with Crippen LogP contribution in [-0.4, -0.2) is 36.2 Å². The Labute approximate surface area is 181 Å². The van der Waals surface area contributed by atoms with Gasteiger partial charge in [-0.15, -0.1) is 11.3 Å². The van der Waals surface area contributed by atoms with Crippen LogP contribution in [0.4, 0.5) is 10.5 Å². The molecule has 30 heavy (non-hydrogen) atoms. The average molecular weight is 453 g/mol. The Morgan fingerprint density at radius 3 is 2.50 bits per heavy atom. The molecule has 1 aromatic heterocycles. The molecule has 1 aromatic carbocycles. The van der Waals surface area contributed by atoms with Gasteiger partial charge in [-0.25, -0.2) is 22.9 Å². The number of carboxylic acid groups (broad SMARTS) is 1. The van der Waals surface area contributed by atoms with Crippen LogP contribution in [0.5, 0.6) is 0 Å². The van der Waals surface area contributed by atoms with Crippen LogP contribution in [-0.2, 0) is 10.0 Å². The van der Waals surface area contributed by atoms with Gasteiger partial charge in [-0.2, -0.15) is 0 Å². The van der Waals surface area contributed by atoms with Crippen molar-refractivity contribution in [1.82, 2.24) is 9.71 Å². The summed E-state index contributed by atoms with van der Waals surface area (Å²) in [5.74, 6) is 0.337. The molecular weight excluding hydrogens is 424 g/mol. The molecule has 2 aromatic rings. The molecule has 0 aliphatic heterocycles. The van der Waals surface area contributed by atoms with Gasteiger partial charge in [0.15, 0.2) is 0 Å². The lowest BCUT2D eigenvalue weighted by molar-refractivity contribution is 0.209. The van der Waals surface area contributed by atoms with Gasteiger partial charge >= 0.3 is 6.09 Å². The first-order chi connectivity index (χ1) is 13.9. The number of nitrogens with one attached hydrogen (secondary N) is 2. The third-order valence-electron chi connectivity index (χ3n) is 4.87. The van der Waals surface area contributed by atoms with E-state index in [1.807, 2.05) is 0 Å². The molecule has 10 heteroatoms. The highest BCUT2D eigenvalue weighted by molar-refractivity contribution is 7.89. The molecule has 8 nitrogen and oxygen atoms in total. The minimum Gasteiger partial charge on any atom is -0.465 e. The highest BCUT2D eigenvalue weighted by Crippen LogP contribution is 2.39. The molecule has 0 spiro atoms. The summed E-state index contributed by atoms with van der Waals surface area (Å²) in [6.45, 7) is 5.26. The number of thiazole rings is 1. The number of nitrogens with zero attached hydrogens (tertiary/aromatic N) is 1. The second kappa shape index (κ2) is 8.62. The smallest absolute Gasteiger partial charge is 0.409 e. The van der Waals surface area contributed by atoms with Gasteiger partial charge in [-0.05, 0) is 58.6 Å². The summed E-state index contributed by atoms with van der Waals surface area (Å²) in [4.78, 5) is 16.3. The molecule has 1 aliphatic carbocycles. The van der Waals surface area contributed by atoms with Crippen molar-refractivity contribution >= 4 is 33.1 Å². The molecule has 1 saturated carbocycles. The van der Waals surface area contributed by atoms with Crippen LogP contribution in [0, 0.1) is 0 Å². The molecule has 164 valence electrons. The fourth-order valence-corrected chi connectivity index (χ4v) is 6.43. The van der Waals surface area contributed by atoms with E-state index in [9.17, 15) is 13.2 Å². The first-order valence-corrected chi connectivity index (χ1v) is 12.1. The van der Waals surface area contributed by atoms with Gasteiger partial charge in [0, 0.05) is 34.9 Å². The van der Waals surface area contributed by atoms with Gasteiger partial charge in [-0.3, -0.25) is 5.32 Å². The molecule has 0 bridgehead atoms. The molecule has 1 amide bonds. The monoisotopic (exact) mass is 452 g/mol. The molecule has 1 fully saturated rings. The standard InChI is InChI=1S/C20H28N4O4S2/c1-20(2,3)24-30(27,28)17-10-14(23-19(25)26)8-9-15(17)16-11-22-18(29-16)12-4-6-13(21)7-5-12/h8-13,23-24H,4-7,21H2,1-3H3,(H,25,26). The summed E-state index contributed by atoms with van der Waals surface area (Å²) >= 11 is 1.48. The maximum absolute atomic E-state index is 13.1. The fourth-order valence-electron chi connectivity index (χ4n) is 3.57. The van der Waals surface area contributed by atoms with E-state index in [0.29, 0.717) is 11.5 Å².